The summed E-state index contributed by atoms with van der Waals surface area (Å²) in [7, 11) is 1.54. The number of hydrogen-bond donors (Lipinski definition) is 1. The molecule has 0 saturated carbocycles. The molecule has 4 nitrogen and oxygen atoms in total. The van der Waals surface area contributed by atoms with Crippen LogP contribution in [0.5, 0.6) is 5.75 Å². The minimum absolute atomic E-state index is 0.173. The van der Waals surface area contributed by atoms with Crippen LogP contribution >= 0.6 is 0 Å². The van der Waals surface area contributed by atoms with Gasteiger partial charge in [-0.1, -0.05) is 0 Å². The second-order valence-corrected chi connectivity index (χ2v) is 6.28. The number of amides is 1. The van der Waals surface area contributed by atoms with Gasteiger partial charge >= 0.3 is 0 Å². The second-order valence-electron chi connectivity index (χ2n) is 6.28. The highest BCUT2D eigenvalue weighted by atomic mass is 19.2. The van der Waals surface area contributed by atoms with E-state index >= 15 is 0 Å². The number of fused-ring (bicyclic) bond motifs is 1. The van der Waals surface area contributed by atoms with Crippen LogP contribution in [0.3, 0.4) is 0 Å². The largest absolute Gasteiger partial charge is 0.496 e. The van der Waals surface area contributed by atoms with Crippen molar-refractivity contribution in [1.82, 2.24) is 0 Å². The fraction of sp³-hybridized carbons (Fsp3) is 0.190. The predicted molar refractivity (Wildman–Crippen MR) is 101 cm³/mol. The molecule has 3 aromatic rings. The summed E-state index contributed by atoms with van der Waals surface area (Å²) in [6, 6.07) is 6.89. The van der Waals surface area contributed by atoms with Crippen molar-refractivity contribution < 1.29 is 22.7 Å². The molecule has 0 fully saturated rings. The topological polar surface area (TPSA) is 51.5 Å². The molecule has 0 aliphatic rings. The number of benzene rings is 2. The Morgan fingerprint density at radius 1 is 1.15 bits per heavy atom. The summed E-state index contributed by atoms with van der Waals surface area (Å²) in [6.07, 6.45) is 1.38. The number of halogens is 2. The standard InChI is InChI=1S/C21H19F2NO3/c1-11(7-21(25)24-14-5-6-17(22)18(23)8-14)15-9-16-12(2)13(3)27-20(16)10-19(15)26-4/h5-10H,1-4H3,(H,24,25)/b11-7+. The number of anilines is 1. The first-order valence-corrected chi connectivity index (χ1v) is 8.32. The number of ether oxygens (including phenoxy) is 1. The molecule has 0 saturated heterocycles. The van der Waals surface area contributed by atoms with Crippen LogP contribution in [0, 0.1) is 25.5 Å². The summed E-state index contributed by atoms with van der Waals surface area (Å²) >= 11 is 0. The maximum absolute atomic E-state index is 13.3. The average molecular weight is 371 g/mol. The summed E-state index contributed by atoms with van der Waals surface area (Å²) in [5.41, 5.74) is 3.31. The van der Waals surface area contributed by atoms with Crippen LogP contribution in [0.1, 0.15) is 23.8 Å². The van der Waals surface area contributed by atoms with Crippen LogP contribution in [0.15, 0.2) is 40.8 Å². The molecule has 1 heterocycles. The Morgan fingerprint density at radius 3 is 2.56 bits per heavy atom. The van der Waals surface area contributed by atoms with Crippen LogP contribution in [0.2, 0.25) is 0 Å². The Labute approximate surface area is 155 Å². The monoisotopic (exact) mass is 371 g/mol. The molecule has 140 valence electrons. The summed E-state index contributed by atoms with van der Waals surface area (Å²) < 4.78 is 37.4. The molecule has 1 aromatic heterocycles. The molecule has 0 radical (unpaired) electrons. The molecule has 1 N–H and O–H groups in total. The third-order valence-electron chi connectivity index (χ3n) is 4.46. The smallest absolute Gasteiger partial charge is 0.248 e. The molecule has 0 aliphatic heterocycles. The highest BCUT2D eigenvalue weighted by molar-refractivity contribution is 6.04. The van der Waals surface area contributed by atoms with E-state index in [9.17, 15) is 13.6 Å². The first-order valence-electron chi connectivity index (χ1n) is 8.32. The molecule has 6 heteroatoms. The number of aryl methyl sites for hydroxylation is 2. The van der Waals surface area contributed by atoms with E-state index in [4.69, 9.17) is 9.15 Å². The van der Waals surface area contributed by atoms with Gasteiger partial charge in [0.05, 0.1) is 7.11 Å². The number of allylic oxidation sites excluding steroid dienone is 1. The highest BCUT2D eigenvalue weighted by Crippen LogP contribution is 2.34. The number of nitrogens with one attached hydrogen (secondary N) is 1. The van der Waals surface area contributed by atoms with E-state index in [-0.39, 0.29) is 5.69 Å². The number of rotatable bonds is 4. The van der Waals surface area contributed by atoms with Crippen molar-refractivity contribution in [3.05, 3.63) is 64.9 Å². The molecule has 2 aromatic carbocycles. The van der Waals surface area contributed by atoms with Gasteiger partial charge in [0.15, 0.2) is 11.6 Å². The summed E-state index contributed by atoms with van der Waals surface area (Å²) in [5.74, 6) is -1.05. The van der Waals surface area contributed by atoms with Crippen LogP contribution in [0.25, 0.3) is 16.5 Å². The minimum Gasteiger partial charge on any atom is -0.496 e. The van der Waals surface area contributed by atoms with Crippen molar-refractivity contribution in [2.75, 3.05) is 12.4 Å². The van der Waals surface area contributed by atoms with Crippen molar-refractivity contribution in [2.24, 2.45) is 0 Å². The van der Waals surface area contributed by atoms with Crippen molar-refractivity contribution in [2.45, 2.75) is 20.8 Å². The van der Waals surface area contributed by atoms with E-state index < -0.39 is 17.5 Å². The summed E-state index contributed by atoms with van der Waals surface area (Å²) in [5, 5.41) is 3.46. The third kappa shape index (κ3) is 3.69. The SMILES string of the molecule is COc1cc2oc(C)c(C)c2cc1/C(C)=C/C(=O)Nc1ccc(F)c(F)c1. The van der Waals surface area contributed by atoms with Gasteiger partial charge in [-0.3, -0.25) is 4.79 Å². The molecular weight excluding hydrogens is 352 g/mol. The lowest BCUT2D eigenvalue weighted by molar-refractivity contribution is -0.111. The average Bonchev–Trinajstić information content (AvgIpc) is 2.90. The summed E-state index contributed by atoms with van der Waals surface area (Å²) in [6.45, 7) is 5.63. The zero-order chi connectivity index (χ0) is 19.7. The van der Waals surface area contributed by atoms with Gasteiger partial charge in [0.1, 0.15) is 17.1 Å². The zero-order valence-corrected chi connectivity index (χ0v) is 15.4. The Bertz CT molecular complexity index is 1070. The molecule has 0 bridgehead atoms. The number of carbonyl (C=O) groups is 1. The number of hydrogen-bond acceptors (Lipinski definition) is 3. The maximum Gasteiger partial charge on any atom is 0.248 e. The minimum atomic E-state index is -1.02. The predicted octanol–water partition coefficient (Wildman–Crippen LogP) is 5.38. The first-order chi connectivity index (χ1) is 12.8. The van der Waals surface area contributed by atoms with E-state index in [1.807, 2.05) is 19.9 Å². The van der Waals surface area contributed by atoms with Crippen molar-refractivity contribution >= 4 is 28.1 Å². The van der Waals surface area contributed by atoms with Crippen LogP contribution in [-0.2, 0) is 4.79 Å². The van der Waals surface area contributed by atoms with Crippen molar-refractivity contribution in [1.29, 1.82) is 0 Å². The zero-order valence-electron chi connectivity index (χ0n) is 15.4. The van der Waals surface area contributed by atoms with Gasteiger partial charge in [-0.05, 0) is 50.1 Å². The van der Waals surface area contributed by atoms with Gasteiger partial charge in [0.25, 0.3) is 0 Å². The van der Waals surface area contributed by atoms with Gasteiger partial charge in [0.2, 0.25) is 5.91 Å². The number of furan rings is 1. The lowest BCUT2D eigenvalue weighted by Crippen LogP contribution is -2.09. The fourth-order valence-corrected chi connectivity index (χ4v) is 2.87. The van der Waals surface area contributed by atoms with Crippen molar-refractivity contribution in [3.8, 4) is 5.75 Å². The fourth-order valence-electron chi connectivity index (χ4n) is 2.87. The lowest BCUT2D eigenvalue weighted by Gasteiger charge is -2.10. The molecule has 27 heavy (non-hydrogen) atoms. The van der Waals surface area contributed by atoms with E-state index in [0.717, 1.165) is 34.4 Å². The van der Waals surface area contributed by atoms with E-state index in [1.54, 1.807) is 20.1 Å². The van der Waals surface area contributed by atoms with Crippen molar-refractivity contribution in [3.63, 3.8) is 0 Å². The van der Waals surface area contributed by atoms with E-state index in [2.05, 4.69) is 5.32 Å². The second kappa shape index (κ2) is 7.23. The van der Waals surface area contributed by atoms with Gasteiger partial charge in [-0.2, -0.15) is 0 Å². The third-order valence-corrected chi connectivity index (χ3v) is 4.46. The Kier molecular flexibility index (Phi) is 4.99. The summed E-state index contributed by atoms with van der Waals surface area (Å²) in [4.78, 5) is 12.3. The number of methoxy groups -OCH3 is 1. The molecule has 1 amide bonds. The lowest BCUT2D eigenvalue weighted by atomic mass is 10.0. The molecule has 3 rings (SSSR count). The maximum atomic E-state index is 13.3. The molecule has 0 atom stereocenters. The Morgan fingerprint density at radius 2 is 1.89 bits per heavy atom. The van der Waals surface area contributed by atoms with E-state index in [1.165, 1.54) is 12.1 Å². The van der Waals surface area contributed by atoms with Gasteiger partial charge in [-0.15, -0.1) is 0 Å². The normalized spacial score (nSPS) is 11.7. The molecular formula is C21H19F2NO3. The van der Waals surface area contributed by atoms with Crippen LogP contribution < -0.4 is 10.1 Å². The Balaban J connectivity index is 1.93. The van der Waals surface area contributed by atoms with Gasteiger partial charge in [-0.25, -0.2) is 8.78 Å². The molecule has 0 spiro atoms. The highest BCUT2D eigenvalue weighted by Gasteiger charge is 2.14. The van der Waals surface area contributed by atoms with Gasteiger partial charge < -0.3 is 14.5 Å². The van der Waals surface area contributed by atoms with Crippen LogP contribution in [-0.4, -0.2) is 13.0 Å². The Hall–Kier alpha value is -3.15. The van der Waals surface area contributed by atoms with E-state index in [0.29, 0.717) is 16.9 Å². The molecule has 0 aliphatic carbocycles. The van der Waals surface area contributed by atoms with Crippen LogP contribution in [0.4, 0.5) is 14.5 Å². The number of carbonyl (C=O) groups excluding carboxylic acids is 1. The van der Waals surface area contributed by atoms with Gasteiger partial charge in [0, 0.05) is 34.8 Å². The first kappa shape index (κ1) is 18.6. The quantitative estimate of drug-likeness (QED) is 0.627. The molecule has 0 unspecified atom stereocenters.